The number of benzene rings is 2. The van der Waals surface area contributed by atoms with E-state index in [0.717, 1.165) is 11.1 Å². The number of rotatable bonds is 22. The van der Waals surface area contributed by atoms with Crippen LogP contribution in [0.15, 0.2) is 48.5 Å². The molecule has 0 aromatic heterocycles. The maximum atomic E-state index is 13.5. The third-order valence-electron chi connectivity index (χ3n) is 9.55. The topological polar surface area (TPSA) is 212 Å². The second-order valence-electron chi connectivity index (χ2n) is 14.1. The Bertz CT molecular complexity index is 1510. The van der Waals surface area contributed by atoms with Gasteiger partial charge in [-0.1, -0.05) is 61.8 Å². The van der Waals surface area contributed by atoms with Crippen LogP contribution in [0.1, 0.15) is 76.1 Å². The summed E-state index contributed by atoms with van der Waals surface area (Å²) in [6, 6.07) is 12.2. The fraction of sp³-hybridized carbons (Fsp3) is 0.564. The van der Waals surface area contributed by atoms with E-state index >= 15 is 0 Å². The van der Waals surface area contributed by atoms with E-state index < -0.39 is 54.7 Å². The van der Waals surface area contributed by atoms with Crippen LogP contribution in [-0.2, 0) is 28.5 Å². The zero-order chi connectivity index (χ0) is 39.6. The minimum atomic E-state index is -1.33. The van der Waals surface area contributed by atoms with E-state index in [1.165, 1.54) is 6.92 Å². The molecular formula is C39H57BClN5O8. The molecule has 1 heterocycles. The molecule has 2 amide bonds. The summed E-state index contributed by atoms with van der Waals surface area (Å²) in [5, 5.41) is 19.8. The van der Waals surface area contributed by atoms with Crippen molar-refractivity contribution in [2.24, 2.45) is 23.3 Å². The molecule has 8 N–H and O–H groups in total. The molecule has 296 valence electrons. The first-order valence-electron chi connectivity index (χ1n) is 18.9. The molecule has 1 aliphatic heterocycles. The minimum absolute atomic E-state index is 0.119. The number of ketones is 3. The Morgan fingerprint density at radius 2 is 1.41 bits per heavy atom. The van der Waals surface area contributed by atoms with Gasteiger partial charge in [0.25, 0.3) is 0 Å². The van der Waals surface area contributed by atoms with Crippen molar-refractivity contribution >= 4 is 47.9 Å². The lowest BCUT2D eigenvalue weighted by atomic mass is 9.69. The van der Waals surface area contributed by atoms with E-state index in [9.17, 15) is 29.1 Å². The van der Waals surface area contributed by atoms with Gasteiger partial charge in [0, 0.05) is 68.0 Å². The molecule has 0 unspecified atom stereocenters. The first-order valence-corrected chi connectivity index (χ1v) is 19.3. The maximum Gasteiger partial charge on any atom is 0.460 e. The van der Waals surface area contributed by atoms with Gasteiger partial charge in [0.1, 0.15) is 6.04 Å². The molecule has 1 aliphatic rings. The number of hydrogen-bond donors (Lipinski definition) is 6. The Hall–Kier alpha value is -3.50. The molecule has 1 fully saturated rings. The normalized spacial score (nSPS) is 16.8. The van der Waals surface area contributed by atoms with Gasteiger partial charge in [0.15, 0.2) is 17.3 Å². The highest BCUT2D eigenvalue weighted by molar-refractivity contribution is 6.46. The predicted molar refractivity (Wildman–Crippen MR) is 210 cm³/mol. The van der Waals surface area contributed by atoms with Gasteiger partial charge in [-0.05, 0) is 74.8 Å². The maximum absolute atomic E-state index is 13.5. The molecule has 13 nitrogen and oxygen atoms in total. The number of nitrogens with one attached hydrogen (secondary N) is 3. The van der Waals surface area contributed by atoms with Crippen LogP contribution in [0, 0.1) is 11.8 Å². The average Bonchev–Trinajstić information content (AvgIpc) is 3.13. The molecule has 0 radical (unpaired) electrons. The lowest BCUT2D eigenvalue weighted by Crippen LogP contribution is -2.51. The van der Waals surface area contributed by atoms with Crippen molar-refractivity contribution < 1.29 is 38.4 Å². The fourth-order valence-corrected chi connectivity index (χ4v) is 6.42. The number of amides is 2. The fourth-order valence-electron chi connectivity index (χ4n) is 6.29. The van der Waals surface area contributed by atoms with Crippen LogP contribution in [0.5, 0.6) is 0 Å². The summed E-state index contributed by atoms with van der Waals surface area (Å²) in [7, 11) is -0.546. The highest BCUT2D eigenvalue weighted by Gasteiger charge is 2.34. The molecule has 3 rings (SSSR count). The third kappa shape index (κ3) is 14.6. The van der Waals surface area contributed by atoms with Gasteiger partial charge in [-0.25, -0.2) is 0 Å². The lowest BCUT2D eigenvalue weighted by molar-refractivity contribution is -0.135. The number of aliphatic hydroxyl groups is 1. The van der Waals surface area contributed by atoms with Crippen LogP contribution >= 0.6 is 11.6 Å². The average molecular weight is 770 g/mol. The van der Waals surface area contributed by atoms with Crippen LogP contribution in [0.3, 0.4) is 0 Å². The summed E-state index contributed by atoms with van der Waals surface area (Å²) < 4.78 is 11.6. The lowest BCUT2D eigenvalue weighted by Gasteiger charge is -2.26. The van der Waals surface area contributed by atoms with Gasteiger partial charge in [-0.2, -0.15) is 0 Å². The Morgan fingerprint density at radius 3 is 1.98 bits per heavy atom. The molecular weight excluding hydrogens is 713 g/mol. The quantitative estimate of drug-likeness (QED) is 0.0582. The van der Waals surface area contributed by atoms with E-state index in [1.807, 2.05) is 31.2 Å². The van der Waals surface area contributed by atoms with Crippen molar-refractivity contribution in [2.75, 3.05) is 39.4 Å². The molecule has 54 heavy (non-hydrogen) atoms. The SMILES string of the molecule is C[C@H](CC(=O)[C@H](CCCCN)NC(=O)[C@H](C)CC(=O)[C@@H](NC(=O)[C@H](CCN)CC(=O)c1ccc(-c2ccc(Cl)cc2)cc1)[C@@H](C)O)B1OCCNCCO1. The highest BCUT2D eigenvalue weighted by atomic mass is 35.5. The third-order valence-corrected chi connectivity index (χ3v) is 9.80. The summed E-state index contributed by atoms with van der Waals surface area (Å²) in [6.45, 7) is 7.62. The number of nitrogens with two attached hydrogens (primary N) is 2. The predicted octanol–water partition coefficient (Wildman–Crippen LogP) is 3.09. The Morgan fingerprint density at radius 1 is 0.796 bits per heavy atom. The summed E-state index contributed by atoms with van der Waals surface area (Å²) in [5.41, 5.74) is 13.7. The molecule has 1 saturated heterocycles. The van der Waals surface area contributed by atoms with Crippen molar-refractivity contribution in [3.63, 3.8) is 0 Å². The summed E-state index contributed by atoms with van der Waals surface area (Å²) in [4.78, 5) is 67.0. The van der Waals surface area contributed by atoms with Crippen molar-refractivity contribution in [1.82, 2.24) is 16.0 Å². The summed E-state index contributed by atoms with van der Waals surface area (Å²) in [6.07, 6.45) is 0.225. The number of hydrogen-bond acceptors (Lipinski definition) is 11. The smallest absolute Gasteiger partial charge is 0.410 e. The van der Waals surface area contributed by atoms with Crippen LogP contribution in [0.4, 0.5) is 0 Å². The van der Waals surface area contributed by atoms with Gasteiger partial charge < -0.3 is 41.8 Å². The Labute approximate surface area is 324 Å². The van der Waals surface area contributed by atoms with E-state index in [0.29, 0.717) is 62.7 Å². The Balaban J connectivity index is 1.61. The number of carbonyl (C=O) groups is 5. The molecule has 15 heteroatoms. The minimum Gasteiger partial charge on any atom is -0.410 e. The van der Waals surface area contributed by atoms with Crippen LogP contribution in [0.25, 0.3) is 11.1 Å². The standard InChI is InChI=1S/C39H57BClN5O8/c1-25(38(51)45-33(6-4-5-16-42)35(49)23-26(2)40-53-20-18-44-19-21-54-40)22-36(50)37(27(3)47)46-39(52)31(15-17-43)24-34(48)30-9-7-28(8-10-30)29-11-13-32(41)14-12-29/h7-14,25-27,31,33,37,44,47H,4-6,15-24,42-43H2,1-3H3,(H,45,51)(H,46,52)/t25-,26-,27-,31-,33+,37+/m1/s1. The summed E-state index contributed by atoms with van der Waals surface area (Å²) in [5.74, 6) is -4.10. The van der Waals surface area contributed by atoms with Crippen LogP contribution in [0.2, 0.25) is 10.8 Å². The second-order valence-corrected chi connectivity index (χ2v) is 14.6. The number of carbonyl (C=O) groups excluding carboxylic acids is 5. The van der Waals surface area contributed by atoms with Crippen LogP contribution in [-0.4, -0.2) is 99.0 Å². The van der Waals surface area contributed by atoms with Gasteiger partial charge >= 0.3 is 7.12 Å². The zero-order valence-electron chi connectivity index (χ0n) is 31.7. The molecule has 0 saturated carbocycles. The monoisotopic (exact) mass is 769 g/mol. The van der Waals surface area contributed by atoms with Gasteiger partial charge in [0.05, 0.1) is 12.1 Å². The molecule has 2 aromatic rings. The number of unbranched alkanes of at least 4 members (excludes halogenated alkanes) is 1. The largest absolute Gasteiger partial charge is 0.460 e. The Kier molecular flexibility index (Phi) is 19.5. The van der Waals surface area contributed by atoms with Crippen molar-refractivity contribution in [3.8, 4) is 11.1 Å². The van der Waals surface area contributed by atoms with E-state index in [-0.39, 0.29) is 49.6 Å². The molecule has 0 bridgehead atoms. The van der Waals surface area contributed by atoms with Crippen molar-refractivity contribution in [3.05, 3.63) is 59.1 Å². The first kappa shape index (κ1) is 44.9. The molecule has 2 aromatic carbocycles. The first-order chi connectivity index (χ1) is 25.8. The van der Waals surface area contributed by atoms with Gasteiger partial charge in [-0.15, -0.1) is 0 Å². The van der Waals surface area contributed by atoms with Gasteiger partial charge in [0.2, 0.25) is 11.8 Å². The molecule has 0 spiro atoms. The highest BCUT2D eigenvalue weighted by Crippen LogP contribution is 2.24. The zero-order valence-corrected chi connectivity index (χ0v) is 32.4. The second kappa shape index (κ2) is 23.4. The number of halogens is 1. The van der Waals surface area contributed by atoms with E-state index in [2.05, 4.69) is 16.0 Å². The summed E-state index contributed by atoms with van der Waals surface area (Å²) >= 11 is 5.99. The van der Waals surface area contributed by atoms with E-state index in [1.54, 1.807) is 31.2 Å². The number of aliphatic hydroxyl groups excluding tert-OH is 1. The van der Waals surface area contributed by atoms with Crippen LogP contribution < -0.4 is 27.4 Å². The number of Topliss-reactive ketones (excluding diaryl/α,β-unsaturated/α-hetero) is 3. The molecule has 0 aliphatic carbocycles. The van der Waals surface area contributed by atoms with E-state index in [4.69, 9.17) is 32.4 Å². The van der Waals surface area contributed by atoms with Crippen molar-refractivity contribution in [1.29, 1.82) is 0 Å². The van der Waals surface area contributed by atoms with Crippen molar-refractivity contribution in [2.45, 2.75) is 89.7 Å². The van der Waals surface area contributed by atoms with Gasteiger partial charge in [-0.3, -0.25) is 24.0 Å². The molecule has 6 atom stereocenters.